The van der Waals surface area contributed by atoms with Gasteiger partial charge in [-0.3, -0.25) is 13.9 Å². The lowest BCUT2D eigenvalue weighted by Crippen LogP contribution is -2.53. The predicted molar refractivity (Wildman–Crippen MR) is 173 cm³/mol. The van der Waals surface area contributed by atoms with Gasteiger partial charge in [0.1, 0.15) is 12.6 Å². The monoisotopic (exact) mass is 663 g/mol. The molecule has 1 saturated carbocycles. The summed E-state index contributed by atoms with van der Waals surface area (Å²) in [6, 6.07) is 15.5. The van der Waals surface area contributed by atoms with Crippen molar-refractivity contribution in [2.24, 2.45) is 0 Å². The van der Waals surface area contributed by atoms with E-state index in [4.69, 9.17) is 34.8 Å². The Kier molecular flexibility index (Phi) is 11.0. The Bertz CT molecular complexity index is 1580. The molecule has 230 valence electrons. The van der Waals surface area contributed by atoms with E-state index in [-0.39, 0.29) is 29.1 Å². The zero-order chi connectivity index (χ0) is 31.3. The van der Waals surface area contributed by atoms with Gasteiger partial charge in [0.05, 0.1) is 20.6 Å². The molecule has 0 aromatic heterocycles. The van der Waals surface area contributed by atoms with Crippen LogP contribution in [0.3, 0.4) is 0 Å². The number of carbonyl (C=O) groups excluding carboxylic acids is 2. The van der Waals surface area contributed by atoms with E-state index >= 15 is 0 Å². The Hall–Kier alpha value is -2.78. The highest BCUT2D eigenvalue weighted by atomic mass is 35.5. The Morgan fingerprint density at radius 1 is 0.907 bits per heavy atom. The normalized spacial score (nSPS) is 14.4. The number of nitrogens with zero attached hydrogens (tertiary/aromatic N) is 2. The van der Waals surface area contributed by atoms with Crippen molar-refractivity contribution in [3.8, 4) is 0 Å². The van der Waals surface area contributed by atoms with Crippen molar-refractivity contribution in [1.82, 2.24) is 10.2 Å². The molecule has 0 heterocycles. The van der Waals surface area contributed by atoms with Gasteiger partial charge in [-0.2, -0.15) is 0 Å². The molecule has 7 nitrogen and oxygen atoms in total. The first-order chi connectivity index (χ1) is 20.4. The average Bonchev–Trinajstić information content (AvgIpc) is 3.48. The third-order valence-corrected chi connectivity index (χ3v) is 10.7. The smallest absolute Gasteiger partial charge is 0.264 e. The van der Waals surface area contributed by atoms with Gasteiger partial charge in [-0.25, -0.2) is 8.42 Å². The van der Waals surface area contributed by atoms with Crippen molar-refractivity contribution < 1.29 is 18.0 Å². The first-order valence-corrected chi connectivity index (χ1v) is 16.9. The summed E-state index contributed by atoms with van der Waals surface area (Å²) in [4.78, 5) is 29.3. The lowest BCUT2D eigenvalue weighted by molar-refractivity contribution is -0.140. The van der Waals surface area contributed by atoms with Crippen molar-refractivity contribution in [2.75, 3.05) is 10.8 Å². The molecule has 43 heavy (non-hydrogen) atoms. The molecular formula is C32H36Cl3N3O4S. The van der Waals surface area contributed by atoms with Gasteiger partial charge in [-0.05, 0) is 80.6 Å². The van der Waals surface area contributed by atoms with Crippen molar-refractivity contribution >= 4 is 62.3 Å². The topological polar surface area (TPSA) is 86.8 Å². The number of amides is 2. The van der Waals surface area contributed by atoms with Crippen LogP contribution in [0.15, 0.2) is 65.6 Å². The van der Waals surface area contributed by atoms with Crippen molar-refractivity contribution in [1.29, 1.82) is 0 Å². The maximum Gasteiger partial charge on any atom is 0.264 e. The molecule has 0 bridgehead atoms. The molecule has 1 atom stereocenters. The van der Waals surface area contributed by atoms with Crippen LogP contribution in [0.1, 0.15) is 55.7 Å². The highest BCUT2D eigenvalue weighted by Crippen LogP contribution is 2.30. The number of anilines is 1. The van der Waals surface area contributed by atoms with E-state index in [1.165, 1.54) is 23.1 Å². The summed E-state index contributed by atoms with van der Waals surface area (Å²) in [6.07, 6.45) is 4.18. The van der Waals surface area contributed by atoms with Crippen LogP contribution in [-0.4, -0.2) is 43.8 Å². The van der Waals surface area contributed by atoms with Gasteiger partial charge < -0.3 is 10.2 Å². The molecule has 2 amide bonds. The summed E-state index contributed by atoms with van der Waals surface area (Å²) in [6.45, 7) is 4.97. The summed E-state index contributed by atoms with van der Waals surface area (Å²) in [5.41, 5.74) is 2.55. The molecule has 1 N–H and O–H groups in total. The molecule has 0 aliphatic heterocycles. The molecule has 0 unspecified atom stereocenters. The molecule has 1 aliphatic carbocycles. The second-order valence-electron chi connectivity index (χ2n) is 10.9. The largest absolute Gasteiger partial charge is 0.352 e. The third-order valence-electron chi connectivity index (χ3n) is 7.76. The number of benzene rings is 3. The Morgan fingerprint density at radius 3 is 2.19 bits per heavy atom. The minimum Gasteiger partial charge on any atom is -0.352 e. The standard InChI is InChI=1S/C32H36Cl3N3O4S/c1-4-30(32(40)36-24-7-5-6-8-24)37(19-23-12-16-27(33)29(35)17-23)31(39)20-38(25-13-11-22(3)28(34)18-25)43(41,42)26-14-9-21(2)10-15-26/h9-18,24,30H,4-8,19-20H2,1-3H3,(H,36,40)/t30-/m0/s1. The first-order valence-electron chi connectivity index (χ1n) is 14.3. The van der Waals surface area contributed by atoms with E-state index in [0.717, 1.165) is 41.1 Å². The lowest BCUT2D eigenvalue weighted by atomic mass is 10.1. The summed E-state index contributed by atoms with van der Waals surface area (Å²) in [5.74, 6) is -0.819. The Balaban J connectivity index is 1.74. The fourth-order valence-corrected chi connectivity index (χ4v) is 7.13. The van der Waals surface area contributed by atoms with Gasteiger partial charge in [0.15, 0.2) is 0 Å². The van der Waals surface area contributed by atoms with Crippen LogP contribution >= 0.6 is 34.8 Å². The van der Waals surface area contributed by atoms with Crippen molar-refractivity contribution in [3.63, 3.8) is 0 Å². The molecule has 1 fully saturated rings. The Labute approximate surface area is 269 Å². The quantitative estimate of drug-likeness (QED) is 0.233. The molecule has 0 saturated heterocycles. The van der Waals surface area contributed by atoms with Gasteiger partial charge in [0.2, 0.25) is 11.8 Å². The highest BCUT2D eigenvalue weighted by molar-refractivity contribution is 7.92. The zero-order valence-electron chi connectivity index (χ0n) is 24.4. The molecule has 11 heteroatoms. The molecule has 4 rings (SSSR count). The molecule has 1 aliphatic rings. The maximum absolute atomic E-state index is 14.3. The van der Waals surface area contributed by atoms with Gasteiger partial charge in [-0.15, -0.1) is 0 Å². The van der Waals surface area contributed by atoms with E-state index < -0.39 is 28.5 Å². The van der Waals surface area contributed by atoms with Gasteiger partial charge >= 0.3 is 0 Å². The zero-order valence-corrected chi connectivity index (χ0v) is 27.5. The Morgan fingerprint density at radius 2 is 1.58 bits per heavy atom. The fraction of sp³-hybridized carbons (Fsp3) is 0.375. The highest BCUT2D eigenvalue weighted by Gasteiger charge is 2.34. The summed E-state index contributed by atoms with van der Waals surface area (Å²) in [5, 5.41) is 4.14. The molecule has 0 radical (unpaired) electrons. The van der Waals surface area contributed by atoms with Crippen LogP contribution < -0.4 is 9.62 Å². The van der Waals surface area contributed by atoms with Crippen LogP contribution in [0, 0.1) is 13.8 Å². The SMILES string of the molecule is CC[C@@H](C(=O)NC1CCCC1)N(Cc1ccc(Cl)c(Cl)c1)C(=O)CN(c1ccc(C)c(Cl)c1)S(=O)(=O)c1ccc(C)cc1. The number of carbonyl (C=O) groups is 2. The van der Waals surface area contributed by atoms with Crippen LogP contribution in [0.4, 0.5) is 5.69 Å². The number of hydrogen-bond acceptors (Lipinski definition) is 4. The second-order valence-corrected chi connectivity index (χ2v) is 14.0. The number of sulfonamides is 1. The van der Waals surface area contributed by atoms with Gasteiger partial charge in [0, 0.05) is 17.6 Å². The van der Waals surface area contributed by atoms with E-state index in [2.05, 4.69) is 5.32 Å². The van der Waals surface area contributed by atoms with E-state index in [0.29, 0.717) is 27.1 Å². The summed E-state index contributed by atoms with van der Waals surface area (Å²) < 4.78 is 29.1. The predicted octanol–water partition coefficient (Wildman–Crippen LogP) is 7.33. The van der Waals surface area contributed by atoms with Crippen LogP contribution in [0.2, 0.25) is 15.1 Å². The van der Waals surface area contributed by atoms with Crippen molar-refractivity contribution in [2.45, 2.75) is 76.4 Å². The summed E-state index contributed by atoms with van der Waals surface area (Å²) >= 11 is 18.8. The molecule has 3 aromatic rings. The molecule has 0 spiro atoms. The second kappa shape index (κ2) is 14.3. The lowest BCUT2D eigenvalue weighted by Gasteiger charge is -2.34. The van der Waals surface area contributed by atoms with Crippen LogP contribution in [-0.2, 0) is 26.2 Å². The van der Waals surface area contributed by atoms with Crippen LogP contribution in [0.5, 0.6) is 0 Å². The fourth-order valence-electron chi connectivity index (χ4n) is 5.22. The van der Waals surface area contributed by atoms with Gasteiger partial charge in [-0.1, -0.05) is 84.4 Å². The number of rotatable bonds is 11. The average molecular weight is 665 g/mol. The molecule has 3 aromatic carbocycles. The van der Waals surface area contributed by atoms with Crippen molar-refractivity contribution in [3.05, 3.63) is 92.4 Å². The van der Waals surface area contributed by atoms with Gasteiger partial charge in [0.25, 0.3) is 10.0 Å². The number of hydrogen-bond donors (Lipinski definition) is 1. The summed E-state index contributed by atoms with van der Waals surface area (Å²) in [7, 11) is -4.20. The first kappa shape index (κ1) is 33.1. The van der Waals surface area contributed by atoms with E-state index in [1.54, 1.807) is 42.5 Å². The van der Waals surface area contributed by atoms with E-state index in [1.807, 2.05) is 20.8 Å². The maximum atomic E-state index is 14.3. The van der Waals surface area contributed by atoms with E-state index in [9.17, 15) is 18.0 Å². The minimum absolute atomic E-state index is 0.0272. The third kappa shape index (κ3) is 8.04. The minimum atomic E-state index is -4.20. The number of nitrogens with one attached hydrogen (secondary N) is 1. The number of aryl methyl sites for hydroxylation is 2. The van der Waals surface area contributed by atoms with Crippen LogP contribution in [0.25, 0.3) is 0 Å². The number of halogens is 3. The molecular weight excluding hydrogens is 629 g/mol.